The molecule has 24 heavy (non-hydrogen) atoms. The minimum absolute atomic E-state index is 0.608. The van der Waals surface area contributed by atoms with Gasteiger partial charge >= 0.3 is 5.97 Å². The molecule has 1 aliphatic rings. The molecule has 0 aliphatic carbocycles. The summed E-state index contributed by atoms with van der Waals surface area (Å²) in [5, 5.41) is 11.4. The number of benzene rings is 2. The number of nitrogens with one attached hydrogen (secondary N) is 1. The molecule has 0 saturated heterocycles. The Hall–Kier alpha value is -2.30. The van der Waals surface area contributed by atoms with Crippen LogP contribution in [0.3, 0.4) is 0 Å². The monoisotopic (exact) mass is 340 g/mol. The Labute approximate surface area is 144 Å². The van der Waals surface area contributed by atoms with Gasteiger partial charge in [-0.3, -0.25) is 9.69 Å². The molecule has 4 rings (SSSR count). The second kappa shape index (κ2) is 5.96. The van der Waals surface area contributed by atoms with E-state index in [0.717, 1.165) is 29.4 Å². The molecular weight excluding hydrogens is 324 g/mol. The van der Waals surface area contributed by atoms with E-state index in [1.165, 1.54) is 11.1 Å². The van der Waals surface area contributed by atoms with Crippen LogP contribution >= 0.6 is 11.6 Å². The molecule has 2 aromatic carbocycles. The zero-order chi connectivity index (χ0) is 16.7. The third kappa shape index (κ3) is 2.58. The van der Waals surface area contributed by atoms with Crippen molar-refractivity contribution in [2.24, 2.45) is 0 Å². The molecule has 2 N–H and O–H groups in total. The number of hydrogen-bond acceptors (Lipinski definition) is 2. The van der Waals surface area contributed by atoms with Gasteiger partial charge in [0, 0.05) is 40.8 Å². The molecule has 1 aliphatic heterocycles. The zero-order valence-corrected chi connectivity index (χ0v) is 13.8. The van der Waals surface area contributed by atoms with Crippen LogP contribution in [0.25, 0.3) is 10.9 Å². The van der Waals surface area contributed by atoms with Gasteiger partial charge in [0.05, 0.1) is 0 Å². The Balaban J connectivity index is 1.75. The number of hydrogen-bond donors (Lipinski definition) is 2. The van der Waals surface area contributed by atoms with Crippen LogP contribution in [0.15, 0.2) is 48.7 Å². The molecule has 4 nitrogen and oxygen atoms in total. The third-order valence-corrected chi connectivity index (χ3v) is 4.96. The van der Waals surface area contributed by atoms with E-state index in [1.807, 2.05) is 29.2 Å². The van der Waals surface area contributed by atoms with E-state index in [2.05, 4.69) is 17.1 Å². The molecule has 0 unspecified atom stereocenters. The van der Waals surface area contributed by atoms with Crippen molar-refractivity contribution in [3.63, 3.8) is 0 Å². The first kappa shape index (κ1) is 15.2. The van der Waals surface area contributed by atoms with Crippen molar-refractivity contribution in [3.8, 4) is 0 Å². The van der Waals surface area contributed by atoms with Crippen LogP contribution in [0.2, 0.25) is 5.02 Å². The van der Waals surface area contributed by atoms with Crippen LogP contribution in [0, 0.1) is 0 Å². The van der Waals surface area contributed by atoms with Gasteiger partial charge in [-0.05, 0) is 35.7 Å². The standard InChI is InChI=1S/C19H17ClN2O2/c20-14-5-6-17-15(9-14)16(10-21-17)18(19(23)24)22-8-7-12-3-1-2-4-13(12)11-22/h1-6,9-10,18,21H,7-8,11H2,(H,23,24)/t18-/m1/s1. The molecule has 5 heteroatoms. The van der Waals surface area contributed by atoms with E-state index in [0.29, 0.717) is 11.6 Å². The number of carboxylic acids is 1. The first-order chi connectivity index (χ1) is 11.6. The van der Waals surface area contributed by atoms with Crippen LogP contribution < -0.4 is 0 Å². The van der Waals surface area contributed by atoms with Crippen molar-refractivity contribution < 1.29 is 9.90 Å². The van der Waals surface area contributed by atoms with Crippen LogP contribution in [0.4, 0.5) is 0 Å². The van der Waals surface area contributed by atoms with Crippen LogP contribution in [-0.4, -0.2) is 27.5 Å². The van der Waals surface area contributed by atoms with Crippen molar-refractivity contribution in [2.45, 2.75) is 19.0 Å². The Kier molecular flexibility index (Phi) is 3.79. The van der Waals surface area contributed by atoms with Gasteiger partial charge in [-0.15, -0.1) is 0 Å². The third-order valence-electron chi connectivity index (χ3n) is 4.73. The quantitative estimate of drug-likeness (QED) is 0.757. The van der Waals surface area contributed by atoms with Crippen molar-refractivity contribution in [3.05, 3.63) is 70.4 Å². The lowest BCUT2D eigenvalue weighted by molar-refractivity contribution is -0.144. The number of aromatic nitrogens is 1. The Morgan fingerprint density at radius 3 is 2.79 bits per heavy atom. The molecule has 0 fully saturated rings. The fraction of sp³-hybridized carbons (Fsp3) is 0.211. The summed E-state index contributed by atoms with van der Waals surface area (Å²) in [5.41, 5.74) is 4.17. The topological polar surface area (TPSA) is 56.3 Å². The van der Waals surface area contributed by atoms with Crippen LogP contribution in [0.1, 0.15) is 22.7 Å². The van der Waals surface area contributed by atoms with Crippen molar-refractivity contribution >= 4 is 28.5 Å². The number of carboxylic acid groups (broad SMARTS) is 1. The maximum Gasteiger partial charge on any atom is 0.325 e. The van der Waals surface area contributed by atoms with Crippen molar-refractivity contribution in [1.82, 2.24) is 9.88 Å². The van der Waals surface area contributed by atoms with Gasteiger partial charge in [0.2, 0.25) is 0 Å². The first-order valence-corrected chi connectivity index (χ1v) is 8.31. The lowest BCUT2D eigenvalue weighted by Gasteiger charge is -2.33. The molecule has 1 aromatic heterocycles. The summed E-state index contributed by atoms with van der Waals surface area (Å²) >= 11 is 6.11. The summed E-state index contributed by atoms with van der Waals surface area (Å²) in [6.45, 7) is 1.36. The van der Waals surface area contributed by atoms with E-state index < -0.39 is 12.0 Å². The molecule has 122 valence electrons. The number of fused-ring (bicyclic) bond motifs is 2. The number of halogens is 1. The summed E-state index contributed by atoms with van der Waals surface area (Å²) in [7, 11) is 0. The number of carbonyl (C=O) groups is 1. The fourth-order valence-corrected chi connectivity index (χ4v) is 3.74. The van der Waals surface area contributed by atoms with Gasteiger partial charge in [-0.25, -0.2) is 0 Å². The number of H-pyrrole nitrogens is 1. The van der Waals surface area contributed by atoms with Gasteiger partial charge in [-0.2, -0.15) is 0 Å². The van der Waals surface area contributed by atoms with Gasteiger partial charge < -0.3 is 10.1 Å². The molecule has 0 bridgehead atoms. The SMILES string of the molecule is O=C(O)[C@@H](c1c[nH]c2ccc(Cl)cc12)N1CCc2ccccc2C1. The Morgan fingerprint density at radius 1 is 1.21 bits per heavy atom. The van der Waals surface area contributed by atoms with E-state index in [4.69, 9.17) is 11.6 Å². The molecule has 0 amide bonds. The normalized spacial score (nSPS) is 16.0. The Morgan fingerprint density at radius 2 is 2.00 bits per heavy atom. The molecule has 2 heterocycles. The van der Waals surface area contributed by atoms with Gasteiger partial charge in [0.25, 0.3) is 0 Å². The fourth-order valence-electron chi connectivity index (χ4n) is 3.56. The number of rotatable bonds is 3. The van der Waals surface area contributed by atoms with E-state index in [9.17, 15) is 9.90 Å². The Bertz CT molecular complexity index is 919. The minimum Gasteiger partial charge on any atom is -0.480 e. The van der Waals surface area contributed by atoms with Gasteiger partial charge in [-0.1, -0.05) is 35.9 Å². The summed E-state index contributed by atoms with van der Waals surface area (Å²) in [6, 6.07) is 13.1. The number of nitrogens with zero attached hydrogens (tertiary/aromatic N) is 1. The highest BCUT2D eigenvalue weighted by atomic mass is 35.5. The second-order valence-electron chi connectivity index (χ2n) is 6.16. The first-order valence-electron chi connectivity index (χ1n) is 7.93. The average molecular weight is 341 g/mol. The molecule has 1 atom stereocenters. The predicted octanol–water partition coefficient (Wildman–Crippen LogP) is 4.01. The maximum atomic E-state index is 12.0. The van der Waals surface area contributed by atoms with Crippen molar-refractivity contribution in [2.75, 3.05) is 6.54 Å². The molecular formula is C19H17ClN2O2. The number of aliphatic carboxylic acids is 1. The van der Waals surface area contributed by atoms with E-state index >= 15 is 0 Å². The largest absolute Gasteiger partial charge is 0.480 e. The highest BCUT2D eigenvalue weighted by Crippen LogP contribution is 2.33. The predicted molar refractivity (Wildman–Crippen MR) is 94.2 cm³/mol. The lowest BCUT2D eigenvalue weighted by atomic mass is 9.96. The van der Waals surface area contributed by atoms with Crippen molar-refractivity contribution in [1.29, 1.82) is 0 Å². The van der Waals surface area contributed by atoms with Gasteiger partial charge in [0.1, 0.15) is 6.04 Å². The second-order valence-corrected chi connectivity index (χ2v) is 6.60. The molecule has 0 radical (unpaired) electrons. The zero-order valence-electron chi connectivity index (χ0n) is 13.0. The highest BCUT2D eigenvalue weighted by Gasteiger charge is 2.31. The van der Waals surface area contributed by atoms with E-state index in [1.54, 1.807) is 12.3 Å². The molecule has 3 aromatic rings. The summed E-state index contributed by atoms with van der Waals surface area (Å²) in [4.78, 5) is 17.2. The maximum absolute atomic E-state index is 12.0. The summed E-state index contributed by atoms with van der Waals surface area (Å²) < 4.78 is 0. The molecule has 0 spiro atoms. The van der Waals surface area contributed by atoms with Gasteiger partial charge in [0.15, 0.2) is 0 Å². The summed E-state index contributed by atoms with van der Waals surface area (Å²) in [6.07, 6.45) is 2.66. The smallest absolute Gasteiger partial charge is 0.325 e. The lowest BCUT2D eigenvalue weighted by Crippen LogP contribution is -2.38. The van der Waals surface area contributed by atoms with Crippen LogP contribution in [-0.2, 0) is 17.8 Å². The summed E-state index contributed by atoms with van der Waals surface area (Å²) in [5.74, 6) is -0.838. The minimum atomic E-state index is -0.838. The van der Waals surface area contributed by atoms with E-state index in [-0.39, 0.29) is 0 Å². The average Bonchev–Trinajstić information content (AvgIpc) is 2.97. The highest BCUT2D eigenvalue weighted by molar-refractivity contribution is 6.31. The van der Waals surface area contributed by atoms with Crippen LogP contribution in [0.5, 0.6) is 0 Å². The number of aromatic amines is 1. The molecule has 0 saturated carbocycles.